The van der Waals surface area contributed by atoms with Crippen LogP contribution in [0.5, 0.6) is 0 Å². The minimum absolute atomic E-state index is 0. The molecular formula is C15H29IN6S. The van der Waals surface area contributed by atoms with Gasteiger partial charge in [-0.25, -0.2) is 0 Å². The van der Waals surface area contributed by atoms with Crippen LogP contribution in [-0.4, -0.2) is 44.8 Å². The van der Waals surface area contributed by atoms with Gasteiger partial charge in [-0.2, -0.15) is 11.8 Å². The molecule has 0 saturated heterocycles. The van der Waals surface area contributed by atoms with Gasteiger partial charge in [0.15, 0.2) is 11.8 Å². The topological polar surface area (TPSA) is 67.1 Å². The molecule has 132 valence electrons. The van der Waals surface area contributed by atoms with E-state index in [-0.39, 0.29) is 24.0 Å². The summed E-state index contributed by atoms with van der Waals surface area (Å²) in [6, 6.07) is 0.519. The third-order valence-corrected chi connectivity index (χ3v) is 5.42. The van der Waals surface area contributed by atoms with Crippen LogP contribution in [0.25, 0.3) is 0 Å². The summed E-state index contributed by atoms with van der Waals surface area (Å²) < 4.78 is 1.99. The molecular weight excluding hydrogens is 423 g/mol. The Morgan fingerprint density at radius 1 is 1.39 bits per heavy atom. The molecule has 2 unspecified atom stereocenters. The summed E-state index contributed by atoms with van der Waals surface area (Å²) in [4.78, 5) is 4.33. The number of thioether (sulfide) groups is 1. The molecule has 0 amide bonds. The molecule has 2 rings (SSSR count). The maximum absolute atomic E-state index is 4.33. The highest BCUT2D eigenvalue weighted by Gasteiger charge is 2.22. The van der Waals surface area contributed by atoms with Gasteiger partial charge in [-0.05, 0) is 31.9 Å². The van der Waals surface area contributed by atoms with Crippen LogP contribution >= 0.6 is 35.7 Å². The van der Waals surface area contributed by atoms with E-state index in [2.05, 4.69) is 44.5 Å². The Morgan fingerprint density at radius 3 is 2.78 bits per heavy atom. The van der Waals surface area contributed by atoms with Crippen molar-refractivity contribution in [1.29, 1.82) is 0 Å². The average Bonchev–Trinajstić information content (AvgIpc) is 2.84. The van der Waals surface area contributed by atoms with Crippen molar-refractivity contribution < 1.29 is 0 Å². The number of aryl methyl sites for hydroxylation is 1. The van der Waals surface area contributed by atoms with Crippen molar-refractivity contribution in [3.05, 3.63) is 11.6 Å². The average molecular weight is 452 g/mol. The number of guanidine groups is 1. The first kappa shape index (κ1) is 20.5. The van der Waals surface area contributed by atoms with E-state index in [1.807, 2.05) is 25.6 Å². The normalized spacial score (nSPS) is 21.7. The van der Waals surface area contributed by atoms with Crippen molar-refractivity contribution in [2.45, 2.75) is 57.4 Å². The fraction of sp³-hybridized carbons (Fsp3) is 0.800. The maximum atomic E-state index is 4.33. The lowest BCUT2D eigenvalue weighted by Crippen LogP contribution is -2.45. The lowest BCUT2D eigenvalue weighted by molar-refractivity contribution is 0.418. The molecule has 6 nitrogen and oxygen atoms in total. The quantitative estimate of drug-likeness (QED) is 0.408. The molecule has 1 aromatic heterocycles. The summed E-state index contributed by atoms with van der Waals surface area (Å²) in [5, 5.41) is 15.9. The summed E-state index contributed by atoms with van der Waals surface area (Å²) in [6.07, 6.45) is 5.10. The standard InChI is InChI=1S/C15H28N6S.HI/c1-5-22-13-8-6-7-12(9-13)18-15(16-3)17-10-14-20-19-11(2)21(14)4;/h12-13H,5-10H2,1-4H3,(H2,16,17,18);1H. The van der Waals surface area contributed by atoms with Gasteiger partial charge in [0.25, 0.3) is 0 Å². The molecule has 23 heavy (non-hydrogen) atoms. The fourth-order valence-corrected chi connectivity index (χ4v) is 3.99. The highest BCUT2D eigenvalue weighted by Crippen LogP contribution is 2.28. The van der Waals surface area contributed by atoms with Crippen molar-refractivity contribution in [1.82, 2.24) is 25.4 Å². The molecule has 0 bridgehead atoms. The van der Waals surface area contributed by atoms with Crippen LogP contribution in [0.1, 0.15) is 44.3 Å². The molecule has 1 aliphatic carbocycles. The summed E-state index contributed by atoms with van der Waals surface area (Å²) in [5.41, 5.74) is 0. The highest BCUT2D eigenvalue weighted by molar-refractivity contribution is 14.0. The third kappa shape index (κ3) is 6.13. The molecule has 1 aliphatic rings. The van der Waals surface area contributed by atoms with E-state index >= 15 is 0 Å². The smallest absolute Gasteiger partial charge is 0.191 e. The number of aromatic nitrogens is 3. The monoisotopic (exact) mass is 452 g/mol. The van der Waals surface area contributed by atoms with Gasteiger partial charge in [-0.15, -0.1) is 34.2 Å². The van der Waals surface area contributed by atoms with Crippen molar-refractivity contribution in [2.75, 3.05) is 12.8 Å². The Kier molecular flexibility index (Phi) is 9.26. The molecule has 2 N–H and O–H groups in total. The lowest BCUT2D eigenvalue weighted by Gasteiger charge is -2.30. The molecule has 1 saturated carbocycles. The van der Waals surface area contributed by atoms with Crippen molar-refractivity contribution >= 4 is 41.7 Å². The zero-order valence-corrected chi connectivity index (χ0v) is 17.6. The van der Waals surface area contributed by atoms with Gasteiger partial charge in [0.1, 0.15) is 5.82 Å². The predicted octanol–water partition coefficient (Wildman–Crippen LogP) is 2.47. The molecule has 1 aromatic rings. The Bertz CT molecular complexity index is 502. The molecule has 0 radical (unpaired) electrons. The van der Waals surface area contributed by atoms with Gasteiger partial charge in [0, 0.05) is 25.4 Å². The first-order chi connectivity index (χ1) is 10.6. The first-order valence-corrected chi connectivity index (χ1v) is 9.12. The van der Waals surface area contributed by atoms with E-state index in [1.165, 1.54) is 31.4 Å². The number of hydrogen-bond donors (Lipinski definition) is 2. The van der Waals surface area contributed by atoms with Gasteiger partial charge in [-0.1, -0.05) is 13.3 Å². The van der Waals surface area contributed by atoms with Gasteiger partial charge in [0.2, 0.25) is 0 Å². The number of nitrogens with zero attached hydrogens (tertiary/aromatic N) is 4. The molecule has 0 aliphatic heterocycles. The maximum Gasteiger partial charge on any atom is 0.191 e. The largest absolute Gasteiger partial charge is 0.354 e. The summed E-state index contributed by atoms with van der Waals surface area (Å²) in [6.45, 7) is 4.83. The van der Waals surface area contributed by atoms with E-state index in [1.54, 1.807) is 0 Å². The SMILES string of the molecule is CCSC1CCCC(NC(=NC)NCc2nnc(C)n2C)C1.I. The van der Waals surface area contributed by atoms with Crippen LogP contribution in [0, 0.1) is 6.92 Å². The van der Waals surface area contributed by atoms with E-state index in [9.17, 15) is 0 Å². The van der Waals surface area contributed by atoms with Gasteiger partial charge in [0.05, 0.1) is 6.54 Å². The third-order valence-electron chi connectivity index (χ3n) is 4.19. The molecule has 0 aromatic carbocycles. The zero-order valence-electron chi connectivity index (χ0n) is 14.5. The molecule has 0 spiro atoms. The van der Waals surface area contributed by atoms with Crippen molar-refractivity contribution in [2.24, 2.45) is 12.0 Å². The zero-order chi connectivity index (χ0) is 15.9. The number of hydrogen-bond acceptors (Lipinski definition) is 4. The minimum atomic E-state index is 0. The van der Waals surface area contributed by atoms with E-state index in [4.69, 9.17) is 0 Å². The van der Waals surface area contributed by atoms with Crippen LogP contribution in [0.4, 0.5) is 0 Å². The number of nitrogens with one attached hydrogen (secondary N) is 2. The Morgan fingerprint density at radius 2 is 2.17 bits per heavy atom. The fourth-order valence-electron chi connectivity index (χ4n) is 2.82. The van der Waals surface area contributed by atoms with Gasteiger partial charge in [-0.3, -0.25) is 4.99 Å². The first-order valence-electron chi connectivity index (χ1n) is 8.07. The molecule has 1 heterocycles. The van der Waals surface area contributed by atoms with E-state index in [0.29, 0.717) is 12.6 Å². The van der Waals surface area contributed by atoms with Crippen LogP contribution in [0.2, 0.25) is 0 Å². The predicted molar refractivity (Wildman–Crippen MR) is 109 cm³/mol. The second-order valence-electron chi connectivity index (χ2n) is 5.73. The molecule has 8 heteroatoms. The summed E-state index contributed by atoms with van der Waals surface area (Å²) in [7, 11) is 3.80. The van der Waals surface area contributed by atoms with E-state index < -0.39 is 0 Å². The summed E-state index contributed by atoms with van der Waals surface area (Å²) >= 11 is 2.08. The second-order valence-corrected chi connectivity index (χ2v) is 7.31. The van der Waals surface area contributed by atoms with Crippen LogP contribution in [-0.2, 0) is 13.6 Å². The Labute approximate surface area is 160 Å². The van der Waals surface area contributed by atoms with E-state index in [0.717, 1.165) is 22.9 Å². The van der Waals surface area contributed by atoms with Crippen LogP contribution in [0.3, 0.4) is 0 Å². The second kappa shape index (κ2) is 10.4. The van der Waals surface area contributed by atoms with Crippen molar-refractivity contribution in [3.8, 4) is 0 Å². The Hall–Kier alpha value is -0.510. The molecule has 2 atom stereocenters. The van der Waals surface area contributed by atoms with Crippen LogP contribution in [0.15, 0.2) is 4.99 Å². The molecule has 1 fully saturated rings. The minimum Gasteiger partial charge on any atom is -0.354 e. The number of aliphatic imine (C=N–C) groups is 1. The number of halogens is 1. The lowest BCUT2D eigenvalue weighted by atomic mass is 9.95. The highest BCUT2D eigenvalue weighted by atomic mass is 127. The van der Waals surface area contributed by atoms with Gasteiger partial charge >= 0.3 is 0 Å². The van der Waals surface area contributed by atoms with Crippen LogP contribution < -0.4 is 10.6 Å². The van der Waals surface area contributed by atoms with Crippen molar-refractivity contribution in [3.63, 3.8) is 0 Å². The van der Waals surface area contributed by atoms with Gasteiger partial charge < -0.3 is 15.2 Å². The summed E-state index contributed by atoms with van der Waals surface area (Å²) in [5.74, 6) is 3.90. The number of rotatable bonds is 5. The Balaban J connectivity index is 0.00000264.